The fourth-order valence-electron chi connectivity index (χ4n) is 4.14. The molecule has 0 spiro atoms. The first-order valence-electron chi connectivity index (χ1n) is 10.7. The Bertz CT molecular complexity index is 257. The summed E-state index contributed by atoms with van der Waals surface area (Å²) in [7, 11) is 0. The van der Waals surface area contributed by atoms with Crippen molar-refractivity contribution in [3.8, 4) is 0 Å². The monoisotopic (exact) mass is 324 g/mol. The first-order chi connectivity index (χ1) is 10.7. The standard InChI is InChI=1S/C23H48/c1-10-19(6)13-11-12-14-20(7)22(9)21(8)15-16-23(17(2)3)18(4)5/h17-23H,10-16H2,1-9H3. The van der Waals surface area contributed by atoms with Gasteiger partial charge >= 0.3 is 0 Å². The van der Waals surface area contributed by atoms with Gasteiger partial charge in [0.2, 0.25) is 0 Å². The highest BCUT2D eigenvalue weighted by atomic mass is 14.3. The van der Waals surface area contributed by atoms with E-state index in [0.29, 0.717) is 0 Å². The third-order valence-corrected chi connectivity index (χ3v) is 6.77. The van der Waals surface area contributed by atoms with Crippen molar-refractivity contribution >= 4 is 0 Å². The van der Waals surface area contributed by atoms with Gasteiger partial charge in [-0.15, -0.1) is 0 Å². The quantitative estimate of drug-likeness (QED) is 0.299. The van der Waals surface area contributed by atoms with Crippen LogP contribution in [0.1, 0.15) is 107 Å². The molecule has 0 heteroatoms. The Balaban J connectivity index is 4.09. The number of rotatable bonds is 13. The number of unbranched alkanes of at least 4 members (excludes halogenated alkanes) is 1. The summed E-state index contributed by atoms with van der Waals surface area (Å²) in [4.78, 5) is 0. The van der Waals surface area contributed by atoms with Gasteiger partial charge in [0, 0.05) is 0 Å². The van der Waals surface area contributed by atoms with Crippen LogP contribution in [0.3, 0.4) is 0 Å². The summed E-state index contributed by atoms with van der Waals surface area (Å²) >= 11 is 0. The number of hydrogen-bond acceptors (Lipinski definition) is 0. The molecule has 0 aliphatic rings. The highest BCUT2D eigenvalue weighted by molar-refractivity contribution is 4.73. The van der Waals surface area contributed by atoms with Crippen molar-refractivity contribution in [1.29, 1.82) is 0 Å². The van der Waals surface area contributed by atoms with Gasteiger partial charge in [0.05, 0.1) is 0 Å². The van der Waals surface area contributed by atoms with Crippen LogP contribution in [0.25, 0.3) is 0 Å². The molecule has 0 saturated heterocycles. The van der Waals surface area contributed by atoms with Crippen molar-refractivity contribution in [2.75, 3.05) is 0 Å². The lowest BCUT2D eigenvalue weighted by Gasteiger charge is -2.30. The average molecular weight is 325 g/mol. The Morgan fingerprint density at radius 2 is 1.04 bits per heavy atom. The predicted molar refractivity (Wildman–Crippen MR) is 108 cm³/mol. The zero-order valence-corrected chi connectivity index (χ0v) is 18.0. The fraction of sp³-hybridized carbons (Fsp3) is 1.00. The summed E-state index contributed by atoms with van der Waals surface area (Å²) < 4.78 is 0. The molecule has 0 N–H and O–H groups in total. The first-order valence-corrected chi connectivity index (χ1v) is 10.7. The van der Waals surface area contributed by atoms with Crippen LogP contribution < -0.4 is 0 Å². The van der Waals surface area contributed by atoms with Crippen molar-refractivity contribution in [3.63, 3.8) is 0 Å². The molecule has 0 aromatic heterocycles. The van der Waals surface area contributed by atoms with E-state index < -0.39 is 0 Å². The molecule has 0 bridgehead atoms. The Labute approximate surface area is 149 Å². The highest BCUT2D eigenvalue weighted by Crippen LogP contribution is 2.32. The lowest BCUT2D eigenvalue weighted by atomic mass is 9.76. The molecule has 0 saturated carbocycles. The lowest BCUT2D eigenvalue weighted by molar-refractivity contribution is 0.202. The van der Waals surface area contributed by atoms with E-state index >= 15 is 0 Å². The van der Waals surface area contributed by atoms with Crippen LogP contribution in [0.4, 0.5) is 0 Å². The van der Waals surface area contributed by atoms with Crippen LogP contribution in [-0.2, 0) is 0 Å². The van der Waals surface area contributed by atoms with E-state index in [0.717, 1.165) is 41.4 Å². The van der Waals surface area contributed by atoms with E-state index in [9.17, 15) is 0 Å². The highest BCUT2D eigenvalue weighted by Gasteiger charge is 2.22. The second kappa shape index (κ2) is 12.4. The molecule has 0 rings (SSSR count). The largest absolute Gasteiger partial charge is 0.0651 e. The van der Waals surface area contributed by atoms with Crippen LogP contribution in [0.2, 0.25) is 0 Å². The molecule has 0 aromatic carbocycles. The Morgan fingerprint density at radius 1 is 0.565 bits per heavy atom. The van der Waals surface area contributed by atoms with Gasteiger partial charge in [-0.3, -0.25) is 0 Å². The molecule has 0 aromatic rings. The minimum atomic E-state index is 0.829. The van der Waals surface area contributed by atoms with Gasteiger partial charge in [-0.1, -0.05) is 101 Å². The van der Waals surface area contributed by atoms with Crippen LogP contribution in [-0.4, -0.2) is 0 Å². The van der Waals surface area contributed by atoms with Crippen LogP contribution in [0.15, 0.2) is 0 Å². The molecule has 4 atom stereocenters. The molecule has 0 aliphatic heterocycles. The normalized spacial score (nSPS) is 17.7. The summed E-state index contributed by atoms with van der Waals surface area (Å²) in [6.45, 7) is 21.8. The van der Waals surface area contributed by atoms with Crippen molar-refractivity contribution in [2.24, 2.45) is 41.4 Å². The van der Waals surface area contributed by atoms with E-state index in [1.165, 1.54) is 44.9 Å². The van der Waals surface area contributed by atoms with Crippen molar-refractivity contribution < 1.29 is 0 Å². The second-order valence-electron chi connectivity index (χ2n) is 9.34. The third kappa shape index (κ3) is 9.78. The van der Waals surface area contributed by atoms with E-state index in [2.05, 4.69) is 62.3 Å². The maximum atomic E-state index is 2.50. The fourth-order valence-corrected chi connectivity index (χ4v) is 4.14. The predicted octanol–water partition coefficient (Wildman–Crippen LogP) is 8.21. The molecule has 0 heterocycles. The van der Waals surface area contributed by atoms with E-state index in [1.54, 1.807) is 0 Å². The lowest BCUT2D eigenvalue weighted by Crippen LogP contribution is -2.21. The second-order valence-corrected chi connectivity index (χ2v) is 9.34. The van der Waals surface area contributed by atoms with E-state index in [-0.39, 0.29) is 0 Å². The molecule has 140 valence electrons. The van der Waals surface area contributed by atoms with Crippen molar-refractivity contribution in [3.05, 3.63) is 0 Å². The number of hydrogen-bond donors (Lipinski definition) is 0. The van der Waals surface area contributed by atoms with Crippen LogP contribution in [0, 0.1) is 41.4 Å². The molecule has 23 heavy (non-hydrogen) atoms. The smallest absolute Gasteiger partial charge is 0.0368 e. The van der Waals surface area contributed by atoms with Crippen LogP contribution in [0.5, 0.6) is 0 Å². The topological polar surface area (TPSA) is 0 Å². The maximum Gasteiger partial charge on any atom is -0.0368 e. The van der Waals surface area contributed by atoms with Gasteiger partial charge < -0.3 is 0 Å². The molecule has 0 fully saturated rings. The Hall–Kier alpha value is 0. The summed E-state index contributed by atoms with van der Waals surface area (Å²) in [5.74, 6) is 6.11. The molecule has 4 unspecified atom stereocenters. The van der Waals surface area contributed by atoms with Gasteiger partial charge in [-0.25, -0.2) is 0 Å². The molecular weight excluding hydrogens is 276 g/mol. The average Bonchev–Trinajstić information content (AvgIpc) is 2.49. The molecule has 0 radical (unpaired) electrons. The minimum Gasteiger partial charge on any atom is -0.0651 e. The molecule has 0 aliphatic carbocycles. The third-order valence-electron chi connectivity index (χ3n) is 6.77. The molecular formula is C23H48. The SMILES string of the molecule is CCC(C)CCCCC(C)C(C)C(C)CCC(C(C)C)C(C)C. The Morgan fingerprint density at radius 3 is 1.52 bits per heavy atom. The molecule has 0 amide bonds. The van der Waals surface area contributed by atoms with Gasteiger partial charge in [0.25, 0.3) is 0 Å². The Kier molecular flexibility index (Phi) is 12.4. The van der Waals surface area contributed by atoms with E-state index in [4.69, 9.17) is 0 Å². The zero-order valence-electron chi connectivity index (χ0n) is 18.0. The minimum absolute atomic E-state index is 0.829. The zero-order chi connectivity index (χ0) is 18.0. The van der Waals surface area contributed by atoms with E-state index in [1.807, 2.05) is 0 Å². The summed E-state index contributed by atoms with van der Waals surface area (Å²) in [6, 6.07) is 0. The first kappa shape index (κ1) is 23.0. The molecule has 0 nitrogen and oxygen atoms in total. The van der Waals surface area contributed by atoms with Gasteiger partial charge in [0.15, 0.2) is 0 Å². The van der Waals surface area contributed by atoms with Crippen LogP contribution >= 0.6 is 0 Å². The summed E-state index contributed by atoms with van der Waals surface area (Å²) in [6.07, 6.45) is 9.90. The van der Waals surface area contributed by atoms with Gasteiger partial charge in [-0.05, 0) is 47.8 Å². The van der Waals surface area contributed by atoms with Gasteiger partial charge in [-0.2, -0.15) is 0 Å². The summed E-state index contributed by atoms with van der Waals surface area (Å²) in [5, 5.41) is 0. The maximum absolute atomic E-state index is 2.50. The van der Waals surface area contributed by atoms with Gasteiger partial charge in [0.1, 0.15) is 0 Å². The summed E-state index contributed by atoms with van der Waals surface area (Å²) in [5.41, 5.74) is 0. The van der Waals surface area contributed by atoms with Crippen molar-refractivity contribution in [1.82, 2.24) is 0 Å². The van der Waals surface area contributed by atoms with Crippen molar-refractivity contribution in [2.45, 2.75) is 107 Å².